The van der Waals surface area contributed by atoms with Gasteiger partial charge in [0, 0.05) is 56.9 Å². The fourth-order valence-corrected chi connectivity index (χ4v) is 5.13. The number of nitrogens with zero attached hydrogens (tertiary/aromatic N) is 6. The molecular weight excluding hydrogens is 427 g/mol. The third kappa shape index (κ3) is 4.01. The first-order valence-corrected chi connectivity index (χ1v) is 11.7. The SMILES string of the molecule is C=NN1C(=NC)c2cc(-c3ccc(F)cc3)cn2Cc2cc(N3CCC(N(C)C)CC3)ccc21. The molecule has 7 heteroatoms. The molecule has 2 aromatic carbocycles. The predicted octanol–water partition coefficient (Wildman–Crippen LogP) is 4.68. The zero-order valence-electron chi connectivity index (χ0n) is 20.1. The van der Waals surface area contributed by atoms with E-state index in [9.17, 15) is 4.39 Å². The van der Waals surface area contributed by atoms with Crippen molar-refractivity contribution in [2.45, 2.75) is 25.4 Å². The molecule has 34 heavy (non-hydrogen) atoms. The predicted molar refractivity (Wildman–Crippen MR) is 139 cm³/mol. The van der Waals surface area contributed by atoms with Crippen molar-refractivity contribution in [2.75, 3.05) is 44.1 Å². The first-order chi connectivity index (χ1) is 16.5. The van der Waals surface area contributed by atoms with Gasteiger partial charge in [0.05, 0.1) is 11.4 Å². The van der Waals surface area contributed by atoms with Crippen LogP contribution in [0.4, 0.5) is 15.8 Å². The van der Waals surface area contributed by atoms with Gasteiger partial charge in [0.15, 0.2) is 5.84 Å². The molecular formula is C27H31FN6. The third-order valence-electron chi connectivity index (χ3n) is 7.05. The van der Waals surface area contributed by atoms with E-state index in [0.29, 0.717) is 12.6 Å². The minimum atomic E-state index is -0.238. The Morgan fingerprint density at radius 3 is 2.38 bits per heavy atom. The van der Waals surface area contributed by atoms with Crippen LogP contribution in [-0.4, -0.2) is 62.3 Å². The lowest BCUT2D eigenvalue weighted by Crippen LogP contribution is -2.42. The van der Waals surface area contributed by atoms with Gasteiger partial charge in [-0.3, -0.25) is 4.99 Å². The Morgan fingerprint density at radius 1 is 1.00 bits per heavy atom. The summed E-state index contributed by atoms with van der Waals surface area (Å²) in [6.45, 7) is 6.63. The number of benzene rings is 2. The van der Waals surface area contributed by atoms with Crippen molar-refractivity contribution in [1.29, 1.82) is 0 Å². The number of aromatic nitrogens is 1. The summed E-state index contributed by atoms with van der Waals surface area (Å²) >= 11 is 0. The molecule has 3 heterocycles. The molecule has 0 spiro atoms. The number of hydrazone groups is 1. The van der Waals surface area contributed by atoms with E-state index in [1.807, 2.05) is 5.01 Å². The molecule has 0 saturated carbocycles. The Labute approximate surface area is 200 Å². The average Bonchev–Trinajstić information content (AvgIpc) is 3.21. The second-order valence-electron chi connectivity index (χ2n) is 9.24. The first-order valence-electron chi connectivity index (χ1n) is 11.7. The Hall–Kier alpha value is -3.45. The summed E-state index contributed by atoms with van der Waals surface area (Å²) in [5.74, 6) is 0.500. The zero-order valence-corrected chi connectivity index (χ0v) is 20.1. The van der Waals surface area contributed by atoms with Gasteiger partial charge in [-0.1, -0.05) is 12.1 Å². The van der Waals surface area contributed by atoms with Gasteiger partial charge < -0.3 is 14.4 Å². The van der Waals surface area contributed by atoms with E-state index < -0.39 is 0 Å². The highest BCUT2D eigenvalue weighted by Crippen LogP contribution is 2.35. The van der Waals surface area contributed by atoms with Gasteiger partial charge >= 0.3 is 0 Å². The smallest absolute Gasteiger partial charge is 0.173 e. The second kappa shape index (κ2) is 9.06. The van der Waals surface area contributed by atoms with E-state index in [4.69, 9.17) is 0 Å². The molecule has 176 valence electrons. The van der Waals surface area contributed by atoms with Crippen LogP contribution in [0.1, 0.15) is 24.1 Å². The van der Waals surface area contributed by atoms with Crippen LogP contribution >= 0.6 is 0 Å². The van der Waals surface area contributed by atoms with E-state index in [0.717, 1.165) is 41.4 Å². The Bertz CT molecular complexity index is 1220. The molecule has 3 aromatic rings. The van der Waals surface area contributed by atoms with Crippen LogP contribution in [0.15, 0.2) is 64.8 Å². The molecule has 5 rings (SSSR count). The molecule has 0 amide bonds. The van der Waals surface area contributed by atoms with Crippen molar-refractivity contribution in [2.24, 2.45) is 10.1 Å². The topological polar surface area (TPSA) is 39.4 Å². The van der Waals surface area contributed by atoms with Crippen LogP contribution in [0.2, 0.25) is 0 Å². The summed E-state index contributed by atoms with van der Waals surface area (Å²) in [6.07, 6.45) is 4.44. The molecule has 0 atom stereocenters. The van der Waals surface area contributed by atoms with E-state index >= 15 is 0 Å². The highest BCUT2D eigenvalue weighted by atomic mass is 19.1. The summed E-state index contributed by atoms with van der Waals surface area (Å²) in [4.78, 5) is 9.38. The molecule has 0 aliphatic carbocycles. The maximum Gasteiger partial charge on any atom is 0.173 e. The van der Waals surface area contributed by atoms with Gasteiger partial charge in [0.25, 0.3) is 0 Å². The van der Waals surface area contributed by atoms with Crippen LogP contribution in [0.3, 0.4) is 0 Å². The molecule has 0 N–H and O–H groups in total. The number of hydrogen-bond acceptors (Lipinski definition) is 4. The van der Waals surface area contributed by atoms with Gasteiger partial charge in [0.2, 0.25) is 0 Å². The molecule has 1 fully saturated rings. The normalized spacial score (nSPS) is 17.6. The molecule has 0 unspecified atom stereocenters. The van der Waals surface area contributed by atoms with Gasteiger partial charge in [-0.15, -0.1) is 0 Å². The molecule has 0 bridgehead atoms. The maximum absolute atomic E-state index is 13.5. The summed E-state index contributed by atoms with van der Waals surface area (Å²) in [7, 11) is 6.11. The lowest BCUT2D eigenvalue weighted by Gasteiger charge is -2.36. The largest absolute Gasteiger partial charge is 0.371 e. The van der Waals surface area contributed by atoms with E-state index in [1.54, 1.807) is 19.2 Å². The maximum atomic E-state index is 13.5. The zero-order chi connectivity index (χ0) is 23.8. The standard InChI is InChI=1S/C27H31FN6/c1-29-27-26-16-20(19-5-7-22(28)8-6-19)17-33(26)18-21-15-24(9-10-25(21)34(27)30-2)32-13-11-23(12-14-32)31(3)4/h5-10,15-17,23H,2,11-14,18H2,1,3-4H3. The molecule has 1 saturated heterocycles. The molecule has 6 nitrogen and oxygen atoms in total. The minimum absolute atomic E-state index is 0.238. The highest BCUT2D eigenvalue weighted by Gasteiger charge is 2.27. The first kappa shape index (κ1) is 22.3. The molecule has 1 aromatic heterocycles. The second-order valence-corrected chi connectivity index (χ2v) is 9.24. The fraction of sp³-hybridized carbons (Fsp3) is 0.333. The summed E-state index contributed by atoms with van der Waals surface area (Å²) < 4.78 is 15.7. The van der Waals surface area contributed by atoms with Gasteiger partial charge in [-0.2, -0.15) is 5.10 Å². The monoisotopic (exact) mass is 458 g/mol. The number of halogens is 1. The number of hydrogen-bond donors (Lipinski definition) is 0. The summed E-state index contributed by atoms with van der Waals surface area (Å²) in [5, 5.41) is 6.16. The van der Waals surface area contributed by atoms with Crippen LogP contribution in [-0.2, 0) is 6.54 Å². The Balaban J connectivity index is 1.52. The number of fused-ring (bicyclic) bond motifs is 2. The van der Waals surface area contributed by atoms with Crippen LogP contribution < -0.4 is 9.91 Å². The Kier molecular flexibility index (Phi) is 5.96. The van der Waals surface area contributed by atoms with E-state index in [-0.39, 0.29) is 5.82 Å². The number of anilines is 2. The van der Waals surface area contributed by atoms with Gasteiger partial charge in [-0.05, 0) is 74.5 Å². The van der Waals surface area contributed by atoms with Gasteiger partial charge in [0.1, 0.15) is 5.82 Å². The quantitative estimate of drug-likeness (QED) is 0.533. The molecule has 2 aliphatic rings. The summed E-state index contributed by atoms with van der Waals surface area (Å²) in [6, 6.07) is 15.9. The van der Waals surface area contributed by atoms with E-state index in [1.165, 1.54) is 36.2 Å². The summed E-state index contributed by atoms with van der Waals surface area (Å²) in [5.41, 5.74) is 6.34. The number of aliphatic imine (C=N–C) groups is 1. The average molecular weight is 459 g/mol. The minimum Gasteiger partial charge on any atom is -0.371 e. The van der Waals surface area contributed by atoms with Crippen LogP contribution in [0, 0.1) is 5.82 Å². The van der Waals surface area contributed by atoms with Crippen molar-refractivity contribution in [3.63, 3.8) is 0 Å². The Morgan fingerprint density at radius 2 is 1.74 bits per heavy atom. The lowest BCUT2D eigenvalue weighted by molar-refractivity contribution is 0.249. The van der Waals surface area contributed by atoms with Crippen molar-refractivity contribution in [3.8, 4) is 11.1 Å². The number of piperidine rings is 1. The molecule has 2 aliphatic heterocycles. The van der Waals surface area contributed by atoms with Crippen molar-refractivity contribution in [3.05, 3.63) is 71.8 Å². The van der Waals surface area contributed by atoms with Crippen LogP contribution in [0.5, 0.6) is 0 Å². The van der Waals surface area contributed by atoms with Gasteiger partial charge in [-0.25, -0.2) is 9.40 Å². The highest BCUT2D eigenvalue weighted by molar-refractivity contribution is 6.10. The molecule has 0 radical (unpaired) electrons. The van der Waals surface area contributed by atoms with Crippen molar-refractivity contribution >= 4 is 23.9 Å². The van der Waals surface area contributed by atoms with E-state index in [2.05, 4.69) is 75.7 Å². The third-order valence-corrected chi connectivity index (χ3v) is 7.05. The van der Waals surface area contributed by atoms with Crippen LogP contribution in [0.25, 0.3) is 11.1 Å². The fourth-order valence-electron chi connectivity index (χ4n) is 5.13. The van der Waals surface area contributed by atoms with Crippen molar-refractivity contribution < 1.29 is 4.39 Å². The number of amidine groups is 1. The number of rotatable bonds is 4. The lowest BCUT2D eigenvalue weighted by atomic mass is 10.0. The van der Waals surface area contributed by atoms with Crippen molar-refractivity contribution in [1.82, 2.24) is 9.47 Å².